The van der Waals surface area contributed by atoms with Crippen molar-refractivity contribution in [2.45, 2.75) is 24.3 Å². The van der Waals surface area contributed by atoms with Crippen LogP contribution in [0.1, 0.15) is 13.3 Å². The highest BCUT2D eigenvalue weighted by molar-refractivity contribution is 7.92. The van der Waals surface area contributed by atoms with Crippen molar-refractivity contribution in [2.75, 3.05) is 17.1 Å². The number of hydrogen-bond donors (Lipinski definition) is 2. The number of methoxy groups -OCH3 is 1. The van der Waals surface area contributed by atoms with E-state index in [9.17, 15) is 13.2 Å². The molecule has 0 unspecified atom stereocenters. The van der Waals surface area contributed by atoms with Crippen LogP contribution in [0.2, 0.25) is 10.0 Å². The van der Waals surface area contributed by atoms with Crippen LogP contribution in [0.25, 0.3) is 0 Å². The fourth-order valence-electron chi connectivity index (χ4n) is 2.91. The lowest BCUT2D eigenvalue weighted by atomic mass is 10.2. The Hall–Kier alpha value is -2.94. The second kappa shape index (κ2) is 10.8. The number of nitrogens with one attached hydrogen (secondary N) is 2. The van der Waals surface area contributed by atoms with Gasteiger partial charge < -0.3 is 14.8 Å². The maximum absolute atomic E-state index is 12.6. The van der Waals surface area contributed by atoms with Crippen LogP contribution in [0.4, 0.5) is 11.4 Å². The monoisotopic (exact) mass is 508 g/mol. The van der Waals surface area contributed by atoms with E-state index in [1.165, 1.54) is 42.5 Å². The largest absolute Gasteiger partial charge is 0.497 e. The van der Waals surface area contributed by atoms with Gasteiger partial charge in [-0.15, -0.1) is 0 Å². The number of ether oxygens (including phenoxy) is 2. The van der Waals surface area contributed by atoms with Crippen LogP contribution < -0.4 is 19.5 Å². The first-order valence-electron chi connectivity index (χ1n) is 9.90. The molecule has 0 aliphatic carbocycles. The minimum atomic E-state index is -3.87. The van der Waals surface area contributed by atoms with Crippen LogP contribution in [0.3, 0.4) is 0 Å². The SMILES string of the molecule is CC[C@@H](Oc1ccc(OC)cc1)C(=O)Nc1ccc(S(=O)(=O)Nc2cc(Cl)cc(Cl)c2)cc1. The van der Waals surface area contributed by atoms with E-state index in [1.54, 1.807) is 31.4 Å². The van der Waals surface area contributed by atoms with Crippen molar-refractivity contribution in [1.29, 1.82) is 0 Å². The first kappa shape index (κ1) is 24.7. The van der Waals surface area contributed by atoms with Crippen molar-refractivity contribution in [3.05, 3.63) is 76.8 Å². The van der Waals surface area contributed by atoms with Crippen molar-refractivity contribution in [2.24, 2.45) is 0 Å². The number of hydrogen-bond acceptors (Lipinski definition) is 5. The van der Waals surface area contributed by atoms with Crippen LogP contribution in [0, 0.1) is 0 Å². The lowest BCUT2D eigenvalue weighted by Crippen LogP contribution is -2.32. The zero-order valence-electron chi connectivity index (χ0n) is 17.8. The van der Waals surface area contributed by atoms with E-state index in [4.69, 9.17) is 32.7 Å². The number of sulfonamides is 1. The van der Waals surface area contributed by atoms with Crippen LogP contribution in [0.15, 0.2) is 71.6 Å². The average molecular weight is 509 g/mol. The molecular weight excluding hydrogens is 487 g/mol. The summed E-state index contributed by atoms with van der Waals surface area (Å²) in [6, 6.07) is 17.1. The van der Waals surface area contributed by atoms with Crippen molar-refractivity contribution >= 4 is 50.5 Å². The van der Waals surface area contributed by atoms with E-state index in [-0.39, 0.29) is 16.5 Å². The molecule has 0 aliphatic rings. The zero-order valence-corrected chi connectivity index (χ0v) is 20.2. The number of anilines is 2. The molecule has 0 fully saturated rings. The summed E-state index contributed by atoms with van der Waals surface area (Å²) in [5.74, 6) is 0.866. The highest BCUT2D eigenvalue weighted by Crippen LogP contribution is 2.25. The number of carbonyl (C=O) groups is 1. The fraction of sp³-hybridized carbons (Fsp3) is 0.174. The molecule has 3 rings (SSSR count). The molecule has 0 heterocycles. The smallest absolute Gasteiger partial charge is 0.265 e. The lowest BCUT2D eigenvalue weighted by molar-refractivity contribution is -0.122. The van der Waals surface area contributed by atoms with Gasteiger partial charge in [0.2, 0.25) is 0 Å². The molecular formula is C23H22Cl2N2O5S. The molecule has 0 aromatic heterocycles. The molecule has 33 heavy (non-hydrogen) atoms. The van der Waals surface area contributed by atoms with E-state index in [0.29, 0.717) is 33.7 Å². The van der Waals surface area contributed by atoms with Gasteiger partial charge in [-0.1, -0.05) is 30.1 Å². The average Bonchev–Trinajstić information content (AvgIpc) is 2.77. The number of halogens is 2. The Morgan fingerprint density at radius 2 is 1.48 bits per heavy atom. The first-order valence-corrected chi connectivity index (χ1v) is 12.1. The summed E-state index contributed by atoms with van der Waals surface area (Å²) in [4.78, 5) is 12.7. The van der Waals surface area contributed by atoms with E-state index < -0.39 is 16.1 Å². The molecule has 0 saturated carbocycles. The molecule has 0 radical (unpaired) electrons. The van der Waals surface area contributed by atoms with Gasteiger partial charge in [0.15, 0.2) is 6.10 Å². The molecule has 1 atom stereocenters. The number of benzene rings is 3. The second-order valence-electron chi connectivity index (χ2n) is 6.97. The van der Waals surface area contributed by atoms with Crippen molar-refractivity contribution in [3.63, 3.8) is 0 Å². The van der Waals surface area contributed by atoms with Crippen molar-refractivity contribution < 1.29 is 22.7 Å². The molecule has 0 bridgehead atoms. The molecule has 174 valence electrons. The maximum Gasteiger partial charge on any atom is 0.265 e. The molecule has 3 aromatic rings. The number of rotatable bonds is 9. The molecule has 1 amide bonds. The van der Waals surface area contributed by atoms with E-state index in [2.05, 4.69) is 10.0 Å². The Balaban J connectivity index is 1.66. The zero-order chi connectivity index (χ0) is 24.0. The third-order valence-electron chi connectivity index (χ3n) is 4.55. The molecule has 2 N–H and O–H groups in total. The molecule has 10 heteroatoms. The Labute approximate surface area is 202 Å². The molecule has 0 aliphatic heterocycles. The van der Waals surface area contributed by atoms with E-state index >= 15 is 0 Å². The third-order valence-corrected chi connectivity index (χ3v) is 6.38. The van der Waals surface area contributed by atoms with Crippen LogP contribution >= 0.6 is 23.2 Å². The topological polar surface area (TPSA) is 93.7 Å². The summed E-state index contributed by atoms with van der Waals surface area (Å²) >= 11 is 11.8. The predicted octanol–water partition coefficient (Wildman–Crippen LogP) is 5.60. The Morgan fingerprint density at radius 3 is 2.03 bits per heavy atom. The standard InChI is InChI=1S/C23H22Cl2N2O5S/c1-3-22(32-20-8-6-19(31-2)7-9-20)23(28)26-17-4-10-21(11-5-17)33(29,30)27-18-13-15(24)12-16(25)14-18/h4-14,22,27H,3H2,1-2H3,(H,26,28)/t22-/m1/s1. The van der Waals surface area contributed by atoms with Gasteiger partial charge in [-0.05, 0) is 73.2 Å². The normalized spacial score (nSPS) is 12.0. The Bertz CT molecular complexity index is 1200. The first-order chi connectivity index (χ1) is 15.7. The minimum Gasteiger partial charge on any atom is -0.497 e. The molecule has 0 spiro atoms. The highest BCUT2D eigenvalue weighted by atomic mass is 35.5. The molecule has 7 nitrogen and oxygen atoms in total. The predicted molar refractivity (Wildman–Crippen MR) is 130 cm³/mol. The van der Waals surface area contributed by atoms with Gasteiger partial charge in [0.25, 0.3) is 15.9 Å². The number of carbonyl (C=O) groups excluding carboxylic acids is 1. The number of amides is 1. The summed E-state index contributed by atoms with van der Waals surface area (Å²) < 4.78 is 38.6. The van der Waals surface area contributed by atoms with Gasteiger partial charge in [-0.3, -0.25) is 9.52 Å². The summed E-state index contributed by atoms with van der Waals surface area (Å²) in [6.45, 7) is 1.83. The quantitative estimate of drug-likeness (QED) is 0.392. The third kappa shape index (κ3) is 6.77. The van der Waals surface area contributed by atoms with E-state index in [0.717, 1.165) is 0 Å². The maximum atomic E-state index is 12.6. The second-order valence-corrected chi connectivity index (χ2v) is 9.52. The van der Waals surface area contributed by atoms with Gasteiger partial charge in [-0.2, -0.15) is 0 Å². The van der Waals surface area contributed by atoms with Gasteiger partial charge in [0, 0.05) is 15.7 Å². The summed E-state index contributed by atoms with van der Waals surface area (Å²) in [5, 5.41) is 3.35. The highest BCUT2D eigenvalue weighted by Gasteiger charge is 2.20. The summed E-state index contributed by atoms with van der Waals surface area (Å²) in [5.41, 5.74) is 0.674. The van der Waals surface area contributed by atoms with Gasteiger partial charge in [-0.25, -0.2) is 8.42 Å². The fourth-order valence-corrected chi connectivity index (χ4v) is 4.47. The van der Waals surface area contributed by atoms with Crippen LogP contribution in [0.5, 0.6) is 11.5 Å². The van der Waals surface area contributed by atoms with Gasteiger partial charge >= 0.3 is 0 Å². The Morgan fingerprint density at radius 1 is 0.909 bits per heavy atom. The van der Waals surface area contributed by atoms with Gasteiger partial charge in [0.1, 0.15) is 11.5 Å². The van der Waals surface area contributed by atoms with E-state index in [1.807, 2.05) is 6.92 Å². The van der Waals surface area contributed by atoms with Crippen LogP contribution in [-0.4, -0.2) is 27.5 Å². The minimum absolute atomic E-state index is 0.0121. The summed E-state index contributed by atoms with van der Waals surface area (Å²) in [6.07, 6.45) is -0.285. The molecule has 3 aromatic carbocycles. The van der Waals surface area contributed by atoms with Crippen molar-refractivity contribution in [3.8, 4) is 11.5 Å². The molecule has 0 saturated heterocycles. The Kier molecular flexibility index (Phi) is 8.07. The summed E-state index contributed by atoms with van der Waals surface area (Å²) in [7, 11) is -2.31. The lowest BCUT2D eigenvalue weighted by Gasteiger charge is -2.17. The van der Waals surface area contributed by atoms with Crippen molar-refractivity contribution in [1.82, 2.24) is 0 Å². The van der Waals surface area contributed by atoms with Crippen LogP contribution in [-0.2, 0) is 14.8 Å². The van der Waals surface area contributed by atoms with Gasteiger partial charge in [0.05, 0.1) is 17.7 Å².